The highest BCUT2D eigenvalue weighted by Crippen LogP contribution is 2.27. The number of hydrogen-bond acceptors (Lipinski definition) is 4. The molecule has 2 rings (SSSR count). The van der Waals surface area contributed by atoms with Gasteiger partial charge in [-0.1, -0.05) is 0 Å². The van der Waals surface area contributed by atoms with E-state index in [-0.39, 0.29) is 0 Å². The predicted octanol–water partition coefficient (Wildman–Crippen LogP) is 2.66. The van der Waals surface area contributed by atoms with Crippen LogP contribution in [-0.2, 0) is 4.74 Å². The number of nitrogen functional groups attached to an aromatic ring is 1. The highest BCUT2D eigenvalue weighted by atomic mass is 16.5. The second-order valence-electron chi connectivity index (χ2n) is 4.07. The first-order valence-corrected chi connectivity index (χ1v) is 6.27. The number of nitrogens with two attached hydrogens (primary N) is 1. The van der Waals surface area contributed by atoms with Crippen molar-refractivity contribution in [1.82, 2.24) is 4.98 Å². The van der Waals surface area contributed by atoms with Gasteiger partial charge >= 0.3 is 0 Å². The lowest BCUT2D eigenvalue weighted by Gasteiger charge is -2.11. The molecule has 3 N–H and O–H groups in total. The molecule has 0 atom stereocenters. The van der Waals surface area contributed by atoms with E-state index in [0.29, 0.717) is 0 Å². The number of hydrogen-bond donors (Lipinski definition) is 2. The molecule has 0 bridgehead atoms. The maximum Gasteiger partial charge on any atom is 0.0724 e. The van der Waals surface area contributed by atoms with E-state index in [1.165, 1.54) is 0 Å². The number of anilines is 2. The van der Waals surface area contributed by atoms with E-state index in [4.69, 9.17) is 10.5 Å². The summed E-state index contributed by atoms with van der Waals surface area (Å²) in [7, 11) is 0. The predicted molar refractivity (Wildman–Crippen MR) is 75.8 cm³/mol. The first kappa shape index (κ1) is 12.6. The van der Waals surface area contributed by atoms with E-state index >= 15 is 0 Å². The molecule has 0 aliphatic heterocycles. The SMILES string of the molecule is CCOCCCNc1ccc2ncccc2c1N. The number of benzene rings is 1. The molecular formula is C14H19N3O. The molecule has 0 aliphatic carbocycles. The van der Waals surface area contributed by atoms with Crippen molar-refractivity contribution in [3.05, 3.63) is 30.5 Å². The normalized spacial score (nSPS) is 10.7. The Bertz CT molecular complexity index is 513. The molecule has 0 saturated carbocycles. The van der Waals surface area contributed by atoms with Crippen LogP contribution in [0.1, 0.15) is 13.3 Å². The molecule has 1 aromatic heterocycles. The van der Waals surface area contributed by atoms with Crippen molar-refractivity contribution in [2.24, 2.45) is 0 Å². The molecule has 0 radical (unpaired) electrons. The monoisotopic (exact) mass is 245 g/mol. The molecule has 2 aromatic rings. The summed E-state index contributed by atoms with van der Waals surface area (Å²) < 4.78 is 5.29. The van der Waals surface area contributed by atoms with Crippen LogP contribution in [0, 0.1) is 0 Å². The van der Waals surface area contributed by atoms with Crippen LogP contribution in [0.5, 0.6) is 0 Å². The quantitative estimate of drug-likeness (QED) is 0.606. The van der Waals surface area contributed by atoms with Gasteiger partial charge in [-0.05, 0) is 37.6 Å². The Hall–Kier alpha value is -1.81. The Morgan fingerprint density at radius 3 is 3.06 bits per heavy atom. The van der Waals surface area contributed by atoms with Crippen LogP contribution in [0.15, 0.2) is 30.5 Å². The minimum Gasteiger partial charge on any atom is -0.397 e. The van der Waals surface area contributed by atoms with Crippen molar-refractivity contribution < 1.29 is 4.74 Å². The zero-order valence-electron chi connectivity index (χ0n) is 10.6. The summed E-state index contributed by atoms with van der Waals surface area (Å²) in [5.74, 6) is 0. The van der Waals surface area contributed by atoms with Gasteiger partial charge in [-0.25, -0.2) is 0 Å². The van der Waals surface area contributed by atoms with Crippen LogP contribution < -0.4 is 11.1 Å². The Kier molecular flexibility index (Phi) is 4.36. The van der Waals surface area contributed by atoms with Crippen molar-refractivity contribution in [3.63, 3.8) is 0 Å². The minimum absolute atomic E-state index is 0.761. The third-order valence-electron chi connectivity index (χ3n) is 2.81. The summed E-state index contributed by atoms with van der Waals surface area (Å²) in [4.78, 5) is 4.28. The second kappa shape index (κ2) is 6.21. The summed E-state index contributed by atoms with van der Waals surface area (Å²) in [6, 6.07) is 7.85. The zero-order valence-corrected chi connectivity index (χ0v) is 10.6. The van der Waals surface area contributed by atoms with Gasteiger partial charge in [-0.2, -0.15) is 0 Å². The minimum atomic E-state index is 0.761. The molecule has 4 heteroatoms. The van der Waals surface area contributed by atoms with Gasteiger partial charge in [-0.15, -0.1) is 0 Å². The Morgan fingerprint density at radius 2 is 2.22 bits per heavy atom. The van der Waals surface area contributed by atoms with Gasteiger partial charge in [0.2, 0.25) is 0 Å². The molecule has 0 spiro atoms. The molecule has 0 fully saturated rings. The van der Waals surface area contributed by atoms with Crippen LogP contribution in [0.3, 0.4) is 0 Å². The molecule has 0 aliphatic rings. The van der Waals surface area contributed by atoms with Crippen molar-refractivity contribution in [2.45, 2.75) is 13.3 Å². The molecule has 4 nitrogen and oxygen atoms in total. The molecule has 96 valence electrons. The van der Waals surface area contributed by atoms with Crippen LogP contribution in [0.4, 0.5) is 11.4 Å². The Labute approximate surface area is 107 Å². The van der Waals surface area contributed by atoms with Crippen molar-refractivity contribution in [2.75, 3.05) is 30.8 Å². The standard InChI is InChI=1S/C14H19N3O/c1-2-18-10-4-9-17-13-7-6-12-11(14(13)15)5-3-8-16-12/h3,5-8,17H,2,4,9-10,15H2,1H3. The number of nitrogens with one attached hydrogen (secondary N) is 1. The molecule has 0 saturated heterocycles. The largest absolute Gasteiger partial charge is 0.397 e. The van der Waals surface area contributed by atoms with Gasteiger partial charge < -0.3 is 15.8 Å². The number of pyridine rings is 1. The maximum atomic E-state index is 6.13. The van der Waals surface area contributed by atoms with E-state index in [1.807, 2.05) is 31.2 Å². The molecule has 1 heterocycles. The van der Waals surface area contributed by atoms with Gasteiger partial charge in [0.25, 0.3) is 0 Å². The lowest BCUT2D eigenvalue weighted by atomic mass is 10.1. The Morgan fingerprint density at radius 1 is 1.33 bits per heavy atom. The number of fused-ring (bicyclic) bond motifs is 1. The van der Waals surface area contributed by atoms with E-state index in [2.05, 4.69) is 10.3 Å². The van der Waals surface area contributed by atoms with E-state index < -0.39 is 0 Å². The van der Waals surface area contributed by atoms with Crippen LogP contribution in [0.2, 0.25) is 0 Å². The average molecular weight is 245 g/mol. The fourth-order valence-corrected chi connectivity index (χ4v) is 1.87. The lowest BCUT2D eigenvalue weighted by molar-refractivity contribution is 0.147. The number of nitrogens with zero attached hydrogens (tertiary/aromatic N) is 1. The van der Waals surface area contributed by atoms with Crippen LogP contribution >= 0.6 is 0 Å². The Balaban J connectivity index is 2.03. The van der Waals surface area contributed by atoms with E-state index in [0.717, 1.165) is 48.5 Å². The summed E-state index contributed by atoms with van der Waals surface area (Å²) >= 11 is 0. The average Bonchev–Trinajstić information content (AvgIpc) is 2.41. The lowest BCUT2D eigenvalue weighted by Crippen LogP contribution is -2.07. The third-order valence-corrected chi connectivity index (χ3v) is 2.81. The van der Waals surface area contributed by atoms with E-state index in [1.54, 1.807) is 6.20 Å². The van der Waals surface area contributed by atoms with Crippen molar-refractivity contribution in [3.8, 4) is 0 Å². The van der Waals surface area contributed by atoms with Gasteiger partial charge in [0.05, 0.1) is 16.9 Å². The van der Waals surface area contributed by atoms with Gasteiger partial charge in [0, 0.05) is 31.3 Å². The van der Waals surface area contributed by atoms with Gasteiger partial charge in [0.1, 0.15) is 0 Å². The number of ether oxygens (including phenoxy) is 1. The second-order valence-corrected chi connectivity index (χ2v) is 4.07. The first-order valence-electron chi connectivity index (χ1n) is 6.27. The fourth-order valence-electron chi connectivity index (χ4n) is 1.87. The first-order chi connectivity index (χ1) is 8.83. The van der Waals surface area contributed by atoms with Crippen LogP contribution in [-0.4, -0.2) is 24.7 Å². The highest BCUT2D eigenvalue weighted by Gasteiger charge is 2.03. The van der Waals surface area contributed by atoms with Crippen LogP contribution in [0.25, 0.3) is 10.9 Å². The topological polar surface area (TPSA) is 60.2 Å². The van der Waals surface area contributed by atoms with Crippen molar-refractivity contribution >= 4 is 22.3 Å². The number of aromatic nitrogens is 1. The van der Waals surface area contributed by atoms with Crippen molar-refractivity contribution in [1.29, 1.82) is 0 Å². The molecule has 18 heavy (non-hydrogen) atoms. The molecule has 0 unspecified atom stereocenters. The number of rotatable bonds is 6. The van der Waals surface area contributed by atoms with E-state index in [9.17, 15) is 0 Å². The molecular weight excluding hydrogens is 226 g/mol. The third kappa shape index (κ3) is 2.90. The molecule has 1 aromatic carbocycles. The fraction of sp³-hybridized carbons (Fsp3) is 0.357. The maximum absolute atomic E-state index is 6.13. The molecule has 0 amide bonds. The van der Waals surface area contributed by atoms with Gasteiger partial charge in [0.15, 0.2) is 0 Å². The summed E-state index contributed by atoms with van der Waals surface area (Å²) in [5, 5.41) is 4.32. The summed E-state index contributed by atoms with van der Waals surface area (Å²) in [6.07, 6.45) is 2.75. The zero-order chi connectivity index (χ0) is 12.8. The van der Waals surface area contributed by atoms with Gasteiger partial charge in [-0.3, -0.25) is 4.98 Å². The summed E-state index contributed by atoms with van der Waals surface area (Å²) in [5.41, 5.74) is 8.78. The highest BCUT2D eigenvalue weighted by molar-refractivity contribution is 5.96. The smallest absolute Gasteiger partial charge is 0.0724 e. The summed E-state index contributed by atoms with van der Waals surface area (Å²) in [6.45, 7) is 4.40.